The van der Waals surface area contributed by atoms with Gasteiger partial charge in [0.2, 0.25) is 0 Å². The van der Waals surface area contributed by atoms with Gasteiger partial charge in [-0.2, -0.15) is 0 Å². The molecule has 1 aliphatic heterocycles. The fourth-order valence-corrected chi connectivity index (χ4v) is 3.69. The molecule has 7 heteroatoms. The number of ether oxygens (including phenoxy) is 2. The van der Waals surface area contributed by atoms with E-state index in [1.807, 2.05) is 18.2 Å². The van der Waals surface area contributed by atoms with E-state index < -0.39 is 11.8 Å². The summed E-state index contributed by atoms with van der Waals surface area (Å²) in [4.78, 5) is 27.6. The minimum Gasteiger partial charge on any atom is -0.493 e. The summed E-state index contributed by atoms with van der Waals surface area (Å²) in [5.74, 6) is 0.204. The third-order valence-corrected chi connectivity index (χ3v) is 5.90. The zero-order valence-electron chi connectivity index (χ0n) is 18.0. The summed E-state index contributed by atoms with van der Waals surface area (Å²) in [6.45, 7) is 0.381. The molecule has 0 N–H and O–H groups in total. The first-order valence-electron chi connectivity index (χ1n) is 9.99. The van der Waals surface area contributed by atoms with E-state index >= 15 is 0 Å². The summed E-state index contributed by atoms with van der Waals surface area (Å²) in [6, 6.07) is 19.6. The zero-order valence-corrected chi connectivity index (χ0v) is 18.8. The van der Waals surface area contributed by atoms with Gasteiger partial charge in [-0.1, -0.05) is 42.5 Å². The van der Waals surface area contributed by atoms with Crippen LogP contribution >= 0.6 is 12.2 Å². The van der Waals surface area contributed by atoms with Crippen LogP contribution in [0.2, 0.25) is 0 Å². The van der Waals surface area contributed by atoms with Crippen molar-refractivity contribution in [3.63, 3.8) is 0 Å². The van der Waals surface area contributed by atoms with E-state index in [0.717, 1.165) is 10.9 Å². The Morgan fingerprint density at radius 3 is 2.25 bits per heavy atom. The highest BCUT2D eigenvalue weighted by atomic mass is 32.1. The fraction of sp³-hybridized carbons (Fsp3) is 0.160. The van der Waals surface area contributed by atoms with E-state index in [-0.39, 0.29) is 10.7 Å². The van der Waals surface area contributed by atoms with Crippen molar-refractivity contribution in [3.05, 3.63) is 77.4 Å². The number of fused-ring (bicyclic) bond motifs is 1. The maximum Gasteiger partial charge on any atom is 0.265 e. The number of hydrogen-bond acceptors (Lipinski definition) is 5. The quantitative estimate of drug-likeness (QED) is 0.337. The molecule has 3 aromatic rings. The summed E-state index contributed by atoms with van der Waals surface area (Å²) in [7, 11) is 4.64. The first-order chi connectivity index (χ1) is 15.4. The Bertz CT molecular complexity index is 1240. The van der Waals surface area contributed by atoms with Gasteiger partial charge >= 0.3 is 0 Å². The van der Waals surface area contributed by atoms with E-state index in [2.05, 4.69) is 24.3 Å². The van der Waals surface area contributed by atoms with Crippen molar-refractivity contribution in [2.24, 2.45) is 0 Å². The zero-order chi connectivity index (χ0) is 22.8. The molecule has 4 rings (SSSR count). The molecular weight excluding hydrogens is 424 g/mol. The predicted molar refractivity (Wildman–Crippen MR) is 127 cm³/mol. The van der Waals surface area contributed by atoms with Gasteiger partial charge in [-0.05, 0) is 58.4 Å². The second-order valence-electron chi connectivity index (χ2n) is 7.45. The summed E-state index contributed by atoms with van der Waals surface area (Å²) in [5, 5.41) is 2.50. The third-order valence-electron chi connectivity index (χ3n) is 5.35. The largest absolute Gasteiger partial charge is 0.493 e. The lowest BCUT2D eigenvalue weighted by Crippen LogP contribution is -2.52. The van der Waals surface area contributed by atoms with Crippen LogP contribution in [0.4, 0.5) is 0 Å². The number of hydrogen-bond donors (Lipinski definition) is 0. The third kappa shape index (κ3) is 4.07. The molecule has 0 aliphatic carbocycles. The van der Waals surface area contributed by atoms with Crippen LogP contribution in [0.1, 0.15) is 11.1 Å². The van der Waals surface area contributed by atoms with E-state index in [4.69, 9.17) is 21.7 Å². The minimum absolute atomic E-state index is 0.0375. The van der Waals surface area contributed by atoms with Gasteiger partial charge in [0.15, 0.2) is 16.6 Å². The molecule has 1 saturated heterocycles. The normalized spacial score (nSPS) is 14.2. The SMILES string of the molecule is COc1cc(C=C2C(=O)N(C)C(=S)N(C)C2=O)ccc1OCc1ccc2ccccc2c1. The molecule has 0 saturated carbocycles. The summed E-state index contributed by atoms with van der Waals surface area (Å²) < 4.78 is 11.5. The average molecular weight is 447 g/mol. The lowest BCUT2D eigenvalue weighted by molar-refractivity contribution is -0.132. The second-order valence-corrected chi connectivity index (χ2v) is 7.81. The Hall–Kier alpha value is -3.71. The molecule has 162 valence electrons. The van der Waals surface area contributed by atoms with Gasteiger partial charge in [-0.15, -0.1) is 0 Å². The van der Waals surface area contributed by atoms with Gasteiger partial charge in [-0.3, -0.25) is 19.4 Å². The van der Waals surface area contributed by atoms with Crippen molar-refractivity contribution < 1.29 is 19.1 Å². The number of rotatable bonds is 5. The molecule has 0 bridgehead atoms. The van der Waals surface area contributed by atoms with Gasteiger partial charge in [0.05, 0.1) is 7.11 Å². The van der Waals surface area contributed by atoms with Crippen LogP contribution in [0.5, 0.6) is 11.5 Å². The van der Waals surface area contributed by atoms with Crippen LogP contribution in [0.3, 0.4) is 0 Å². The van der Waals surface area contributed by atoms with E-state index in [9.17, 15) is 9.59 Å². The fourth-order valence-electron chi connectivity index (χ4n) is 3.52. The van der Waals surface area contributed by atoms with Crippen molar-refractivity contribution in [1.29, 1.82) is 0 Å². The highest BCUT2D eigenvalue weighted by Gasteiger charge is 2.35. The first kappa shape index (κ1) is 21.5. The molecule has 0 atom stereocenters. The molecule has 0 spiro atoms. The smallest absolute Gasteiger partial charge is 0.265 e. The molecule has 3 aromatic carbocycles. The number of benzene rings is 3. The summed E-state index contributed by atoms with van der Waals surface area (Å²) in [6.07, 6.45) is 1.54. The van der Waals surface area contributed by atoms with E-state index in [0.29, 0.717) is 23.7 Å². The number of carbonyl (C=O) groups excluding carboxylic acids is 2. The Morgan fingerprint density at radius 1 is 0.875 bits per heavy atom. The lowest BCUT2D eigenvalue weighted by atomic mass is 10.1. The van der Waals surface area contributed by atoms with Crippen molar-refractivity contribution in [2.75, 3.05) is 21.2 Å². The van der Waals surface area contributed by atoms with Gasteiger partial charge in [0.25, 0.3) is 11.8 Å². The molecule has 1 fully saturated rings. The van der Waals surface area contributed by atoms with Crippen molar-refractivity contribution in [3.8, 4) is 11.5 Å². The van der Waals surface area contributed by atoms with Crippen LogP contribution in [0.15, 0.2) is 66.2 Å². The monoisotopic (exact) mass is 446 g/mol. The van der Waals surface area contributed by atoms with Gasteiger partial charge in [0, 0.05) is 14.1 Å². The molecule has 6 nitrogen and oxygen atoms in total. The molecule has 0 unspecified atom stereocenters. The molecule has 0 radical (unpaired) electrons. The molecule has 0 aromatic heterocycles. The molecule has 1 aliphatic rings. The highest BCUT2D eigenvalue weighted by Crippen LogP contribution is 2.30. The Kier molecular flexibility index (Phi) is 5.92. The second kappa shape index (κ2) is 8.80. The molecule has 1 heterocycles. The summed E-state index contributed by atoms with van der Waals surface area (Å²) in [5.41, 5.74) is 1.72. The Balaban J connectivity index is 1.56. The number of amides is 2. The topological polar surface area (TPSA) is 59.1 Å². The number of carbonyl (C=O) groups is 2. The van der Waals surface area contributed by atoms with Gasteiger partial charge in [-0.25, -0.2) is 0 Å². The van der Waals surface area contributed by atoms with Crippen LogP contribution in [-0.2, 0) is 16.2 Å². The van der Waals surface area contributed by atoms with E-state index in [1.165, 1.54) is 21.3 Å². The predicted octanol–water partition coefficient (Wildman–Crippen LogP) is 4.03. The minimum atomic E-state index is -0.436. The number of likely N-dealkylation sites (N-methyl/N-ethyl adjacent to an activating group) is 2. The lowest BCUT2D eigenvalue weighted by Gasteiger charge is -2.31. The number of nitrogens with zero attached hydrogens (tertiary/aromatic N) is 2. The number of thiocarbonyl (C=S) groups is 1. The maximum atomic E-state index is 12.5. The van der Waals surface area contributed by atoms with Crippen molar-refractivity contribution >= 4 is 46.0 Å². The average Bonchev–Trinajstić information content (AvgIpc) is 2.83. The van der Waals surface area contributed by atoms with Crippen LogP contribution < -0.4 is 9.47 Å². The van der Waals surface area contributed by atoms with Gasteiger partial charge in [0.1, 0.15) is 12.2 Å². The highest BCUT2D eigenvalue weighted by molar-refractivity contribution is 7.80. The maximum absolute atomic E-state index is 12.5. The van der Waals surface area contributed by atoms with Crippen LogP contribution in [-0.4, -0.2) is 47.9 Å². The molecule has 32 heavy (non-hydrogen) atoms. The summed E-state index contributed by atoms with van der Waals surface area (Å²) >= 11 is 5.12. The first-order valence-corrected chi connectivity index (χ1v) is 10.4. The number of methoxy groups -OCH3 is 1. The van der Waals surface area contributed by atoms with E-state index in [1.54, 1.807) is 39.4 Å². The van der Waals surface area contributed by atoms with Crippen molar-refractivity contribution in [2.45, 2.75) is 6.61 Å². The van der Waals surface area contributed by atoms with Crippen LogP contribution in [0, 0.1) is 0 Å². The van der Waals surface area contributed by atoms with Crippen molar-refractivity contribution in [1.82, 2.24) is 9.80 Å². The Morgan fingerprint density at radius 2 is 1.56 bits per heavy atom. The van der Waals surface area contributed by atoms with Gasteiger partial charge < -0.3 is 9.47 Å². The Labute approximate surface area is 191 Å². The standard InChI is InChI=1S/C25H22N2O4S/c1-26-23(28)20(24(29)27(2)25(26)32)13-16-9-11-21(22(14-16)30-3)31-15-17-8-10-18-6-4-5-7-19(18)12-17/h4-14H,15H2,1-3H3. The molecule has 2 amide bonds. The van der Waals surface area contributed by atoms with Crippen LogP contribution in [0.25, 0.3) is 16.8 Å². The molecular formula is C25H22N2O4S.